The molecular weight excluding hydrogens is 769 g/mol. The number of rotatable bonds is 26. The fourth-order valence-corrected chi connectivity index (χ4v) is 7.35. The van der Waals surface area contributed by atoms with Gasteiger partial charge in [-0.25, -0.2) is 9.59 Å². The van der Waals surface area contributed by atoms with Crippen molar-refractivity contribution in [2.75, 3.05) is 33.0 Å². The third kappa shape index (κ3) is 13.2. The van der Waals surface area contributed by atoms with E-state index in [1.54, 1.807) is 12.1 Å². The van der Waals surface area contributed by atoms with Crippen molar-refractivity contribution < 1.29 is 32.9 Å². The van der Waals surface area contributed by atoms with Gasteiger partial charge >= 0.3 is 11.3 Å². The zero-order chi connectivity index (χ0) is 42.8. The van der Waals surface area contributed by atoms with Gasteiger partial charge in [-0.3, -0.25) is 0 Å². The first kappa shape index (κ1) is 44.9. The van der Waals surface area contributed by atoms with Crippen LogP contribution in [0.15, 0.2) is 128 Å². The second kappa shape index (κ2) is 23.4. The summed E-state index contributed by atoms with van der Waals surface area (Å²) in [6, 6.07) is 30.8. The lowest BCUT2D eigenvalue weighted by atomic mass is 10.0. The van der Waals surface area contributed by atoms with E-state index in [0.717, 1.165) is 66.8 Å². The summed E-state index contributed by atoms with van der Waals surface area (Å²) in [5, 5.41) is 11.7. The Morgan fingerprint density at radius 1 is 0.623 bits per heavy atom. The van der Waals surface area contributed by atoms with Crippen LogP contribution >= 0.6 is 0 Å². The molecule has 0 saturated carbocycles. The van der Waals surface area contributed by atoms with Crippen LogP contribution in [-0.2, 0) is 22.3 Å². The van der Waals surface area contributed by atoms with Gasteiger partial charge in [0.1, 0.15) is 42.0 Å². The van der Waals surface area contributed by atoms with Crippen molar-refractivity contribution in [3.63, 3.8) is 0 Å². The molecule has 0 spiro atoms. The summed E-state index contributed by atoms with van der Waals surface area (Å²) in [7, 11) is 0. The number of fused-ring (bicyclic) bond motifs is 2. The maximum Gasteiger partial charge on any atom is 0.344 e. The Kier molecular flexibility index (Phi) is 17.2. The molecule has 9 heteroatoms. The van der Waals surface area contributed by atoms with Gasteiger partial charge in [0.25, 0.3) is 0 Å². The highest BCUT2D eigenvalue weighted by atomic mass is 16.6. The second-order valence-corrected chi connectivity index (χ2v) is 15.8. The van der Waals surface area contributed by atoms with E-state index in [0.29, 0.717) is 47.0 Å². The van der Waals surface area contributed by atoms with Crippen LogP contribution in [-0.4, -0.2) is 44.2 Å². The van der Waals surface area contributed by atoms with E-state index in [2.05, 4.69) is 44.7 Å². The van der Waals surface area contributed by atoms with Gasteiger partial charge in [-0.2, -0.15) is 0 Å². The molecule has 0 amide bonds. The number of aliphatic hydroxyl groups is 1. The molecule has 1 unspecified atom stereocenters. The van der Waals surface area contributed by atoms with E-state index in [1.165, 1.54) is 43.1 Å². The Labute approximate surface area is 358 Å². The summed E-state index contributed by atoms with van der Waals surface area (Å²) in [5.74, 6) is 0.918. The van der Waals surface area contributed by atoms with E-state index in [1.807, 2.05) is 60.7 Å². The molecule has 0 aliphatic heterocycles. The highest BCUT2D eigenvalue weighted by Gasteiger charge is 2.18. The number of hydrogen-bond acceptors (Lipinski definition) is 9. The van der Waals surface area contributed by atoms with Crippen molar-refractivity contribution in [2.45, 2.75) is 90.6 Å². The monoisotopic (exact) mass is 828 g/mol. The van der Waals surface area contributed by atoms with Crippen LogP contribution in [0, 0.1) is 5.92 Å². The van der Waals surface area contributed by atoms with E-state index >= 15 is 0 Å². The van der Waals surface area contributed by atoms with Crippen molar-refractivity contribution in [1.82, 2.24) is 0 Å². The number of aliphatic hydroxyl groups excluding tert-OH is 1. The summed E-state index contributed by atoms with van der Waals surface area (Å²) in [6.45, 7) is 9.05. The van der Waals surface area contributed by atoms with Gasteiger partial charge in [0.2, 0.25) is 0 Å². The van der Waals surface area contributed by atoms with Crippen LogP contribution in [0.4, 0.5) is 0 Å². The topological polar surface area (TPSA) is 118 Å². The zero-order valence-electron chi connectivity index (χ0n) is 35.7. The molecule has 2 heterocycles. The minimum Gasteiger partial charge on any atom is -0.502 e. The van der Waals surface area contributed by atoms with Gasteiger partial charge in [0.15, 0.2) is 0 Å². The molecule has 0 aliphatic rings. The zero-order valence-corrected chi connectivity index (χ0v) is 35.7. The van der Waals surface area contributed by atoms with E-state index in [-0.39, 0.29) is 25.7 Å². The average Bonchev–Trinajstić information content (AvgIpc) is 3.28. The molecule has 6 aromatic rings. The second-order valence-electron chi connectivity index (χ2n) is 15.8. The Morgan fingerprint density at radius 2 is 1.13 bits per heavy atom. The predicted molar refractivity (Wildman–Crippen MR) is 244 cm³/mol. The molecule has 2 aromatic heterocycles. The van der Waals surface area contributed by atoms with E-state index in [4.69, 9.17) is 27.8 Å². The van der Waals surface area contributed by atoms with Gasteiger partial charge in [0, 0.05) is 35.4 Å². The van der Waals surface area contributed by atoms with Gasteiger partial charge in [-0.1, -0.05) is 94.6 Å². The maximum absolute atomic E-state index is 13.2. The van der Waals surface area contributed by atoms with Crippen molar-refractivity contribution in [2.24, 2.45) is 5.92 Å². The highest BCUT2D eigenvalue weighted by molar-refractivity contribution is 5.83. The lowest BCUT2D eigenvalue weighted by molar-refractivity contribution is -0.0313. The molecule has 322 valence electrons. The lowest BCUT2D eigenvalue weighted by Crippen LogP contribution is -2.31. The molecule has 0 fully saturated rings. The largest absolute Gasteiger partial charge is 0.502 e. The number of hydrogen-bond donors (Lipinski definition) is 1. The van der Waals surface area contributed by atoms with Crippen molar-refractivity contribution in [3.05, 3.63) is 142 Å². The minimum absolute atomic E-state index is 0.0274. The molecule has 0 radical (unpaired) electrons. The first-order valence-corrected chi connectivity index (χ1v) is 21.9. The predicted octanol–water partition coefficient (Wildman–Crippen LogP) is 11.5. The fraction of sp³-hybridized carbons (Fsp3) is 0.385. The van der Waals surface area contributed by atoms with Crippen molar-refractivity contribution >= 4 is 21.9 Å². The Morgan fingerprint density at radius 3 is 1.59 bits per heavy atom. The SMILES string of the molecule is C=COCCCCC(CO)COC(COc1ccc2cc(-c3ccc(CCCCC)cc3)c(=O)oc2c1)COc1ccc2cc(-c3ccc(CCCCC)cc3)c(=O)oc2c1. The molecule has 61 heavy (non-hydrogen) atoms. The highest BCUT2D eigenvalue weighted by Crippen LogP contribution is 2.28. The summed E-state index contributed by atoms with van der Waals surface area (Å²) < 4.78 is 35.6. The van der Waals surface area contributed by atoms with Crippen LogP contribution in [0.25, 0.3) is 44.2 Å². The number of ether oxygens (including phenoxy) is 4. The molecular formula is C52H60O9. The first-order valence-electron chi connectivity index (χ1n) is 21.9. The van der Waals surface area contributed by atoms with Gasteiger partial charge in [-0.15, -0.1) is 0 Å². The van der Waals surface area contributed by atoms with Crippen molar-refractivity contribution in [3.8, 4) is 33.8 Å². The molecule has 0 aliphatic carbocycles. The molecule has 1 N–H and O–H groups in total. The molecule has 1 atom stereocenters. The molecule has 6 rings (SSSR count). The number of benzene rings is 4. The van der Waals surface area contributed by atoms with E-state index in [9.17, 15) is 14.7 Å². The lowest BCUT2D eigenvalue weighted by Gasteiger charge is -2.22. The quantitative estimate of drug-likeness (QED) is 0.0324. The number of unbranched alkanes of at least 4 members (excludes halogenated alkanes) is 5. The molecule has 0 bridgehead atoms. The van der Waals surface area contributed by atoms with Gasteiger partial charge in [0.05, 0.1) is 30.6 Å². The van der Waals surface area contributed by atoms with E-state index < -0.39 is 17.4 Å². The van der Waals surface area contributed by atoms with Crippen LogP contribution in [0.3, 0.4) is 0 Å². The summed E-state index contributed by atoms with van der Waals surface area (Å²) in [6.07, 6.45) is 12.5. The summed E-state index contributed by atoms with van der Waals surface area (Å²) >= 11 is 0. The molecule has 0 saturated heterocycles. The van der Waals surface area contributed by atoms with Crippen LogP contribution < -0.4 is 20.7 Å². The normalized spacial score (nSPS) is 11.9. The van der Waals surface area contributed by atoms with Gasteiger partial charge < -0.3 is 32.9 Å². The van der Waals surface area contributed by atoms with Crippen LogP contribution in [0.5, 0.6) is 11.5 Å². The van der Waals surface area contributed by atoms with Gasteiger partial charge in [-0.05, 0) is 104 Å². The standard InChI is InChI=1S/C52H60O9/c1-4-7-9-13-37-16-20-40(21-17-37)47-29-42-24-26-44(31-49(42)60-51(47)54)58-35-46(57-34-39(33-53)15-11-12-28-56-6-3)36-59-45-27-25-43-30-48(52(55)61-50(43)32-45)41-22-18-38(19-23-41)14-10-8-5-2/h6,16-27,29-32,39,46,53H,3-5,7-15,28,33-36H2,1-2H3. The minimum atomic E-state index is -0.539. The Hall–Kier alpha value is -5.64. The third-order valence-electron chi connectivity index (χ3n) is 11.0. The Bertz CT molecular complexity index is 2240. The third-order valence-corrected chi connectivity index (χ3v) is 11.0. The summed E-state index contributed by atoms with van der Waals surface area (Å²) in [5.41, 5.74) is 5.16. The smallest absolute Gasteiger partial charge is 0.344 e. The van der Waals surface area contributed by atoms with Crippen LogP contribution in [0.2, 0.25) is 0 Å². The molecule has 9 nitrogen and oxygen atoms in total. The van der Waals surface area contributed by atoms with Crippen molar-refractivity contribution in [1.29, 1.82) is 0 Å². The molecule has 4 aromatic carbocycles. The number of aryl methyl sites for hydroxylation is 2. The Balaban J connectivity index is 1.13. The average molecular weight is 829 g/mol. The summed E-state index contributed by atoms with van der Waals surface area (Å²) in [4.78, 5) is 26.3. The van der Waals surface area contributed by atoms with Crippen LogP contribution in [0.1, 0.15) is 82.8 Å². The first-order chi connectivity index (χ1) is 29.9. The maximum atomic E-state index is 13.2. The fourth-order valence-electron chi connectivity index (χ4n) is 7.35.